The highest BCUT2D eigenvalue weighted by Crippen LogP contribution is 2.37. The van der Waals surface area contributed by atoms with Crippen LogP contribution in [0.2, 0.25) is 0 Å². The van der Waals surface area contributed by atoms with E-state index in [4.69, 9.17) is 9.47 Å². The number of hydrogen-bond donors (Lipinski definition) is 0. The van der Waals surface area contributed by atoms with Crippen molar-refractivity contribution in [3.8, 4) is 11.5 Å². The van der Waals surface area contributed by atoms with Gasteiger partial charge in [0.15, 0.2) is 0 Å². The second kappa shape index (κ2) is 5.30. The van der Waals surface area contributed by atoms with Gasteiger partial charge >= 0.3 is 0 Å². The summed E-state index contributed by atoms with van der Waals surface area (Å²) in [5, 5.41) is 0. The molecule has 0 saturated carbocycles. The molecule has 1 aliphatic heterocycles. The van der Waals surface area contributed by atoms with Crippen LogP contribution >= 0.6 is 11.9 Å². The lowest BCUT2D eigenvalue weighted by atomic mass is 10.3. The van der Waals surface area contributed by atoms with Crippen molar-refractivity contribution in [1.82, 2.24) is 4.31 Å². The third kappa shape index (κ3) is 2.43. The Labute approximate surface area is 109 Å². The Bertz CT molecular complexity index is 473. The van der Waals surface area contributed by atoms with E-state index < -0.39 is 0 Å². The van der Waals surface area contributed by atoms with Crippen molar-refractivity contribution in [1.29, 1.82) is 0 Å². The van der Waals surface area contributed by atoms with Crippen LogP contribution in [0, 0.1) is 0 Å². The van der Waals surface area contributed by atoms with Gasteiger partial charge in [-0.05, 0) is 18.2 Å². The third-order valence-electron chi connectivity index (χ3n) is 2.57. The normalized spacial score (nSPS) is 15.1. The fourth-order valence-electron chi connectivity index (χ4n) is 1.61. The molecule has 0 aromatic heterocycles. The number of rotatable bonds is 4. The van der Waals surface area contributed by atoms with Crippen molar-refractivity contribution in [3.63, 3.8) is 0 Å². The van der Waals surface area contributed by atoms with E-state index in [2.05, 4.69) is 0 Å². The largest absolute Gasteiger partial charge is 0.497 e. The highest BCUT2D eigenvalue weighted by atomic mass is 32.2. The van der Waals surface area contributed by atoms with Gasteiger partial charge < -0.3 is 9.47 Å². The Kier molecular flexibility index (Phi) is 3.76. The summed E-state index contributed by atoms with van der Waals surface area (Å²) in [6.07, 6.45) is 0.552. The molecule has 1 aromatic carbocycles. The molecule has 2 amide bonds. The maximum atomic E-state index is 11.6. The highest BCUT2D eigenvalue weighted by Gasteiger charge is 2.30. The number of carbonyl (C=O) groups excluding carboxylic acids is 2. The van der Waals surface area contributed by atoms with Crippen LogP contribution in [0.5, 0.6) is 11.5 Å². The number of amides is 2. The Morgan fingerprint density at radius 2 is 1.78 bits per heavy atom. The molecular weight excluding hydrogens is 254 g/mol. The summed E-state index contributed by atoms with van der Waals surface area (Å²) in [6, 6.07) is 5.24. The lowest BCUT2D eigenvalue weighted by molar-refractivity contribution is -0.131. The lowest BCUT2D eigenvalue weighted by Crippen LogP contribution is -2.21. The van der Waals surface area contributed by atoms with Crippen LogP contribution in [0.4, 0.5) is 0 Å². The van der Waals surface area contributed by atoms with Gasteiger partial charge in [-0.15, -0.1) is 0 Å². The summed E-state index contributed by atoms with van der Waals surface area (Å²) in [6.45, 7) is 0. The van der Waals surface area contributed by atoms with E-state index in [0.717, 1.165) is 11.9 Å². The van der Waals surface area contributed by atoms with Crippen LogP contribution < -0.4 is 9.47 Å². The second-order valence-electron chi connectivity index (χ2n) is 3.69. The molecule has 0 spiro atoms. The number of nitrogens with zero attached hydrogens (tertiary/aromatic N) is 1. The summed E-state index contributed by atoms with van der Waals surface area (Å²) in [7, 11) is 3.10. The van der Waals surface area contributed by atoms with E-state index in [1.165, 1.54) is 4.31 Å². The molecule has 0 aliphatic carbocycles. The number of hydrogen-bond acceptors (Lipinski definition) is 5. The maximum Gasteiger partial charge on any atom is 0.240 e. The van der Waals surface area contributed by atoms with Crippen LogP contribution in [0.25, 0.3) is 0 Å². The molecule has 96 valence electrons. The molecule has 0 atom stereocenters. The SMILES string of the molecule is COc1ccc(OC)c(SN2C(=O)CCC2=O)c1. The van der Waals surface area contributed by atoms with E-state index in [-0.39, 0.29) is 24.7 Å². The minimum atomic E-state index is -0.171. The van der Waals surface area contributed by atoms with Crippen LogP contribution in [-0.4, -0.2) is 30.3 Å². The molecule has 1 aliphatic rings. The van der Waals surface area contributed by atoms with Crippen LogP contribution in [0.3, 0.4) is 0 Å². The van der Waals surface area contributed by atoms with E-state index >= 15 is 0 Å². The molecule has 2 rings (SSSR count). The standard InChI is InChI=1S/C12H13NO4S/c1-16-8-3-4-9(17-2)10(7-8)18-13-11(14)5-6-12(13)15/h3-4,7H,5-6H2,1-2H3. The first kappa shape index (κ1) is 12.8. The monoisotopic (exact) mass is 267 g/mol. The smallest absolute Gasteiger partial charge is 0.240 e. The maximum absolute atomic E-state index is 11.6. The zero-order valence-corrected chi connectivity index (χ0v) is 11.0. The molecule has 5 nitrogen and oxygen atoms in total. The van der Waals surface area contributed by atoms with Gasteiger partial charge in [0.1, 0.15) is 11.5 Å². The van der Waals surface area contributed by atoms with E-state index in [0.29, 0.717) is 16.4 Å². The van der Waals surface area contributed by atoms with Crippen molar-refractivity contribution in [3.05, 3.63) is 18.2 Å². The minimum absolute atomic E-state index is 0.171. The first-order valence-corrected chi connectivity index (χ1v) is 6.19. The van der Waals surface area contributed by atoms with Crippen molar-refractivity contribution in [2.45, 2.75) is 17.7 Å². The zero-order chi connectivity index (χ0) is 13.1. The molecule has 0 unspecified atom stereocenters. The fraction of sp³-hybridized carbons (Fsp3) is 0.333. The molecular formula is C12H13NO4S. The summed E-state index contributed by atoms with van der Waals surface area (Å²) >= 11 is 1.08. The van der Waals surface area contributed by atoms with Gasteiger partial charge in [0, 0.05) is 24.8 Å². The van der Waals surface area contributed by atoms with Gasteiger partial charge in [-0.25, -0.2) is 4.31 Å². The summed E-state index contributed by atoms with van der Waals surface area (Å²) in [4.78, 5) is 23.8. The van der Waals surface area contributed by atoms with Crippen LogP contribution in [0.1, 0.15) is 12.8 Å². The van der Waals surface area contributed by atoms with Gasteiger partial charge in [-0.3, -0.25) is 9.59 Å². The number of ether oxygens (including phenoxy) is 2. The Morgan fingerprint density at radius 3 is 2.33 bits per heavy atom. The molecule has 18 heavy (non-hydrogen) atoms. The summed E-state index contributed by atoms with van der Waals surface area (Å²) < 4.78 is 11.5. The van der Waals surface area contributed by atoms with Crippen molar-refractivity contribution in [2.24, 2.45) is 0 Å². The number of imide groups is 1. The topological polar surface area (TPSA) is 55.8 Å². The number of methoxy groups -OCH3 is 2. The predicted octanol–water partition coefficient (Wildman–Crippen LogP) is 1.86. The molecule has 1 aromatic rings. The van der Waals surface area contributed by atoms with Crippen LogP contribution in [-0.2, 0) is 9.59 Å². The molecule has 6 heteroatoms. The van der Waals surface area contributed by atoms with Crippen molar-refractivity contribution >= 4 is 23.8 Å². The molecule has 1 fully saturated rings. The highest BCUT2D eigenvalue weighted by molar-refractivity contribution is 7.98. The quantitative estimate of drug-likeness (QED) is 0.615. The average molecular weight is 267 g/mol. The molecule has 1 heterocycles. The number of carbonyl (C=O) groups is 2. The molecule has 1 saturated heterocycles. The zero-order valence-electron chi connectivity index (χ0n) is 10.1. The molecule has 0 N–H and O–H groups in total. The summed E-state index contributed by atoms with van der Waals surface area (Å²) in [5.41, 5.74) is 0. The van der Waals surface area contributed by atoms with E-state index in [1.54, 1.807) is 32.4 Å². The fourth-order valence-corrected chi connectivity index (χ4v) is 2.60. The van der Waals surface area contributed by atoms with E-state index in [9.17, 15) is 9.59 Å². The Balaban J connectivity index is 2.26. The van der Waals surface area contributed by atoms with Gasteiger partial charge in [0.25, 0.3) is 0 Å². The van der Waals surface area contributed by atoms with Gasteiger partial charge in [-0.1, -0.05) is 0 Å². The average Bonchev–Trinajstić information content (AvgIpc) is 2.70. The van der Waals surface area contributed by atoms with E-state index in [1.807, 2.05) is 0 Å². The first-order valence-electron chi connectivity index (χ1n) is 5.41. The third-order valence-corrected chi connectivity index (χ3v) is 3.67. The second-order valence-corrected chi connectivity index (χ2v) is 4.68. The predicted molar refractivity (Wildman–Crippen MR) is 66.5 cm³/mol. The Morgan fingerprint density at radius 1 is 1.11 bits per heavy atom. The van der Waals surface area contributed by atoms with Gasteiger partial charge in [0.05, 0.1) is 19.1 Å². The first-order chi connectivity index (χ1) is 8.65. The van der Waals surface area contributed by atoms with Gasteiger partial charge in [-0.2, -0.15) is 0 Å². The lowest BCUT2D eigenvalue weighted by Gasteiger charge is -2.15. The van der Waals surface area contributed by atoms with Crippen LogP contribution in [0.15, 0.2) is 23.1 Å². The Hall–Kier alpha value is -1.69. The summed E-state index contributed by atoms with van der Waals surface area (Å²) in [5.74, 6) is 0.912. The molecule has 0 radical (unpaired) electrons. The van der Waals surface area contributed by atoms with Gasteiger partial charge in [0.2, 0.25) is 11.8 Å². The molecule has 0 bridgehead atoms. The van der Waals surface area contributed by atoms with Crippen molar-refractivity contribution < 1.29 is 19.1 Å². The minimum Gasteiger partial charge on any atom is -0.497 e. The number of benzene rings is 1. The van der Waals surface area contributed by atoms with Crippen molar-refractivity contribution in [2.75, 3.05) is 14.2 Å².